The molecular weight excluding hydrogens is 889 g/mol. The fourth-order valence-corrected chi connectivity index (χ4v) is 8.00. The van der Waals surface area contributed by atoms with Crippen molar-refractivity contribution in [3.05, 3.63) is 122 Å². The Balaban J connectivity index is 4.49. The number of carbonyl (C=O) groups is 3. The Morgan fingerprint density at radius 1 is 0.306 bits per heavy atom. The van der Waals surface area contributed by atoms with Gasteiger partial charge < -0.3 is 14.2 Å². The minimum absolute atomic E-state index is 0.101. The number of hydrogen-bond donors (Lipinski definition) is 0. The second-order valence-electron chi connectivity index (χ2n) is 19.3. The molecule has 0 aliphatic rings. The summed E-state index contributed by atoms with van der Waals surface area (Å²) in [6, 6.07) is 0. The van der Waals surface area contributed by atoms with Crippen LogP contribution in [0.1, 0.15) is 258 Å². The van der Waals surface area contributed by atoms with E-state index in [1.165, 1.54) is 109 Å². The van der Waals surface area contributed by atoms with E-state index in [4.69, 9.17) is 14.2 Å². The summed E-state index contributed by atoms with van der Waals surface area (Å²) >= 11 is 0. The van der Waals surface area contributed by atoms with E-state index in [1.807, 2.05) is 60.8 Å². The molecule has 0 fully saturated rings. The van der Waals surface area contributed by atoms with Crippen molar-refractivity contribution in [2.45, 2.75) is 264 Å². The Morgan fingerprint density at radius 2 is 0.611 bits per heavy atom. The lowest BCUT2D eigenvalue weighted by Gasteiger charge is -2.18. The average molecular weight is 998 g/mol. The maximum absolute atomic E-state index is 12.9. The number of carbonyl (C=O) groups excluding carboxylic acids is 3. The number of allylic oxidation sites excluding steroid dienone is 20. The molecule has 0 N–H and O–H groups in total. The van der Waals surface area contributed by atoms with Crippen LogP contribution in [0.25, 0.3) is 0 Å². The Morgan fingerprint density at radius 3 is 1.03 bits per heavy atom. The molecule has 0 bridgehead atoms. The first-order valence-electron chi connectivity index (χ1n) is 29.6. The zero-order chi connectivity index (χ0) is 52.2. The van der Waals surface area contributed by atoms with Crippen molar-refractivity contribution in [1.82, 2.24) is 0 Å². The van der Waals surface area contributed by atoms with E-state index >= 15 is 0 Å². The highest BCUT2D eigenvalue weighted by molar-refractivity contribution is 5.71. The second-order valence-corrected chi connectivity index (χ2v) is 19.3. The lowest BCUT2D eigenvalue weighted by atomic mass is 10.0. The Bertz CT molecular complexity index is 1520. The van der Waals surface area contributed by atoms with Gasteiger partial charge in [0.2, 0.25) is 0 Å². The van der Waals surface area contributed by atoms with E-state index < -0.39 is 6.10 Å². The smallest absolute Gasteiger partial charge is 0.306 e. The third kappa shape index (κ3) is 56.7. The monoisotopic (exact) mass is 997 g/mol. The van der Waals surface area contributed by atoms with E-state index in [2.05, 4.69) is 81.5 Å². The molecule has 0 saturated heterocycles. The number of unbranched alkanes of at least 4 members (excludes halogenated alkanes) is 26. The predicted octanol–water partition coefficient (Wildman–Crippen LogP) is 20.0. The van der Waals surface area contributed by atoms with Gasteiger partial charge in [0.05, 0.1) is 0 Å². The molecule has 0 spiro atoms. The van der Waals surface area contributed by atoms with Gasteiger partial charge >= 0.3 is 17.9 Å². The largest absolute Gasteiger partial charge is 0.462 e. The van der Waals surface area contributed by atoms with Crippen molar-refractivity contribution in [3.63, 3.8) is 0 Å². The van der Waals surface area contributed by atoms with E-state index in [9.17, 15) is 14.4 Å². The van der Waals surface area contributed by atoms with E-state index in [0.29, 0.717) is 19.3 Å². The first-order valence-corrected chi connectivity index (χ1v) is 29.6. The summed E-state index contributed by atoms with van der Waals surface area (Å²) in [7, 11) is 0. The third-order valence-electron chi connectivity index (χ3n) is 12.4. The van der Waals surface area contributed by atoms with Gasteiger partial charge in [0, 0.05) is 19.3 Å². The van der Waals surface area contributed by atoms with Crippen LogP contribution in [0, 0.1) is 0 Å². The normalized spacial score (nSPS) is 13.0. The maximum atomic E-state index is 12.9. The zero-order valence-corrected chi connectivity index (χ0v) is 46.7. The number of esters is 3. The van der Waals surface area contributed by atoms with Crippen LogP contribution < -0.4 is 0 Å². The SMILES string of the molecule is CC\C=C/C=C\C=C/C=C\C=C\C=C/CCCCCC(=O)OCC(COC(=O)CCCCCCCC/C=C\C/C=C\C/C=C\C/C=C\CC)OC(=O)CCCCCCCCCCCCCCCCCCCC. The highest BCUT2D eigenvalue weighted by Gasteiger charge is 2.19. The molecule has 0 saturated carbocycles. The second kappa shape index (κ2) is 59.4. The molecule has 1 unspecified atom stereocenters. The quantitative estimate of drug-likeness (QED) is 0.0199. The van der Waals surface area contributed by atoms with Gasteiger partial charge in [-0.05, 0) is 77.0 Å². The van der Waals surface area contributed by atoms with Gasteiger partial charge in [0.15, 0.2) is 6.10 Å². The molecule has 0 aliphatic carbocycles. The molecule has 0 rings (SSSR count). The Kier molecular flexibility index (Phi) is 55.9. The van der Waals surface area contributed by atoms with Crippen LogP contribution in [-0.2, 0) is 28.6 Å². The maximum Gasteiger partial charge on any atom is 0.306 e. The van der Waals surface area contributed by atoms with Crippen LogP contribution in [0.5, 0.6) is 0 Å². The molecule has 0 radical (unpaired) electrons. The molecule has 6 nitrogen and oxygen atoms in total. The molecule has 0 aromatic carbocycles. The van der Waals surface area contributed by atoms with Gasteiger partial charge in [0.1, 0.15) is 13.2 Å². The van der Waals surface area contributed by atoms with Crippen molar-refractivity contribution in [2.24, 2.45) is 0 Å². The van der Waals surface area contributed by atoms with Crippen molar-refractivity contribution in [2.75, 3.05) is 13.2 Å². The molecule has 0 amide bonds. The van der Waals surface area contributed by atoms with Crippen molar-refractivity contribution >= 4 is 17.9 Å². The van der Waals surface area contributed by atoms with Crippen molar-refractivity contribution < 1.29 is 28.6 Å². The molecule has 0 aromatic heterocycles. The number of hydrogen-bond acceptors (Lipinski definition) is 6. The Hall–Kier alpha value is -4.19. The summed E-state index contributed by atoms with van der Waals surface area (Å²) in [5, 5.41) is 0. The molecule has 72 heavy (non-hydrogen) atoms. The fourth-order valence-electron chi connectivity index (χ4n) is 8.00. The van der Waals surface area contributed by atoms with Crippen LogP contribution in [-0.4, -0.2) is 37.2 Å². The molecule has 0 aromatic rings. The van der Waals surface area contributed by atoms with E-state index in [1.54, 1.807) is 0 Å². The minimum Gasteiger partial charge on any atom is -0.462 e. The van der Waals surface area contributed by atoms with E-state index in [0.717, 1.165) is 109 Å². The molecule has 0 aliphatic heterocycles. The highest BCUT2D eigenvalue weighted by atomic mass is 16.6. The standard InChI is InChI=1S/C66H108O6/c1-4-7-10-13-16-19-22-25-28-31-33-36-38-41-44-47-50-53-56-59-65(68)71-62-63(61-70-64(67)58-55-52-49-46-43-40-37-34-30-27-24-21-18-15-12-9-6-3)72-66(69)60-57-54-51-48-45-42-39-35-32-29-26-23-20-17-14-11-8-5-2/h7,9-10,12,15-16,18-19,21,24-25,27-28,30,33-34,36-37,40,43,63H,4-6,8,11,13-14,17,20,22-23,26,29,31-32,35,38-39,41-42,44-62H2,1-3H3/b10-7-,12-9-,18-15-,19-16-,24-21-,28-25-,30-27-,36-33-,37-34+,43-40-. The van der Waals surface area contributed by atoms with Gasteiger partial charge in [-0.3, -0.25) is 14.4 Å². The first kappa shape index (κ1) is 67.8. The lowest BCUT2D eigenvalue weighted by molar-refractivity contribution is -0.167. The minimum atomic E-state index is -0.806. The molecule has 1 atom stereocenters. The highest BCUT2D eigenvalue weighted by Crippen LogP contribution is 2.16. The fraction of sp³-hybridized carbons (Fsp3) is 0.652. The van der Waals surface area contributed by atoms with Crippen LogP contribution >= 0.6 is 0 Å². The Labute approximate surface area is 443 Å². The zero-order valence-electron chi connectivity index (χ0n) is 46.7. The summed E-state index contributed by atoms with van der Waals surface area (Å²) < 4.78 is 16.9. The van der Waals surface area contributed by atoms with Crippen molar-refractivity contribution in [3.8, 4) is 0 Å². The van der Waals surface area contributed by atoms with Crippen LogP contribution in [0.15, 0.2) is 122 Å². The predicted molar refractivity (Wildman–Crippen MR) is 311 cm³/mol. The first-order chi connectivity index (χ1) is 35.5. The van der Waals surface area contributed by atoms with Gasteiger partial charge in [0.25, 0.3) is 0 Å². The molecule has 408 valence electrons. The summed E-state index contributed by atoms with van der Waals surface area (Å²) in [5.74, 6) is -0.955. The van der Waals surface area contributed by atoms with Crippen molar-refractivity contribution in [1.29, 1.82) is 0 Å². The van der Waals surface area contributed by atoms with Gasteiger partial charge in [-0.15, -0.1) is 0 Å². The molecule has 6 heteroatoms. The average Bonchev–Trinajstić information content (AvgIpc) is 3.38. The summed E-state index contributed by atoms with van der Waals surface area (Å²) in [5.41, 5.74) is 0. The third-order valence-corrected chi connectivity index (χ3v) is 12.4. The number of ether oxygens (including phenoxy) is 3. The van der Waals surface area contributed by atoms with Crippen LogP contribution in [0.2, 0.25) is 0 Å². The van der Waals surface area contributed by atoms with Gasteiger partial charge in [-0.1, -0.05) is 284 Å². The van der Waals surface area contributed by atoms with Gasteiger partial charge in [-0.25, -0.2) is 0 Å². The summed E-state index contributed by atoms with van der Waals surface area (Å²) in [6.07, 6.45) is 81.9. The molecule has 0 heterocycles. The summed E-state index contributed by atoms with van der Waals surface area (Å²) in [6.45, 7) is 6.35. The van der Waals surface area contributed by atoms with E-state index in [-0.39, 0.29) is 31.1 Å². The lowest BCUT2D eigenvalue weighted by Crippen LogP contribution is -2.30. The van der Waals surface area contributed by atoms with Crippen LogP contribution in [0.3, 0.4) is 0 Å². The number of rotatable bonds is 52. The molecular formula is C66H108O6. The van der Waals surface area contributed by atoms with Gasteiger partial charge in [-0.2, -0.15) is 0 Å². The van der Waals surface area contributed by atoms with Crippen LogP contribution in [0.4, 0.5) is 0 Å². The summed E-state index contributed by atoms with van der Waals surface area (Å²) in [4.78, 5) is 38.2. The topological polar surface area (TPSA) is 78.9 Å².